The van der Waals surface area contributed by atoms with E-state index in [0.717, 1.165) is 18.9 Å². The van der Waals surface area contributed by atoms with E-state index in [4.69, 9.17) is 9.94 Å². The average molecular weight is 549 g/mol. The van der Waals surface area contributed by atoms with Gasteiger partial charge in [0.25, 0.3) is 5.91 Å². The highest BCUT2D eigenvalue weighted by Gasteiger charge is 2.36. The molecule has 4 rings (SSSR count). The number of amides is 1. The lowest BCUT2D eigenvalue weighted by molar-refractivity contribution is -0.110. The van der Waals surface area contributed by atoms with Gasteiger partial charge in [-0.15, -0.1) is 0 Å². The predicted octanol–water partition coefficient (Wildman–Crippen LogP) is 2.59. The molecule has 1 saturated carbocycles. The Balaban J connectivity index is 0.00000400. The number of rotatable bonds is 13. The van der Waals surface area contributed by atoms with Crippen LogP contribution in [-0.2, 0) is 19.5 Å². The van der Waals surface area contributed by atoms with E-state index in [1.807, 2.05) is 26.2 Å². The van der Waals surface area contributed by atoms with Crippen molar-refractivity contribution >= 4 is 54.1 Å². The third-order valence-corrected chi connectivity index (χ3v) is 8.68. The number of likely N-dealkylation sites (N-methyl/N-ethyl adjacent to an activating group) is 1. The molecule has 1 aromatic carbocycles. The van der Waals surface area contributed by atoms with Gasteiger partial charge in [0.2, 0.25) is 0 Å². The number of fused-ring (bicyclic) bond motifs is 1. The molecule has 0 saturated heterocycles. The SMILES string of the molecule is CN(C)CCNc1ccc2nc(NC(=O)/C(=N/OCCCO)c3ccc(S(=O)(=O)C4CC4)cc3)sc2n1.[HH]. The highest BCUT2D eigenvalue weighted by atomic mass is 32.2. The Hall–Kier alpha value is -3.13. The Labute approximate surface area is 221 Å². The van der Waals surface area contributed by atoms with Crippen LogP contribution in [0, 0.1) is 0 Å². The van der Waals surface area contributed by atoms with Gasteiger partial charge in [0.15, 0.2) is 20.7 Å². The van der Waals surface area contributed by atoms with E-state index in [0.29, 0.717) is 40.3 Å². The summed E-state index contributed by atoms with van der Waals surface area (Å²) in [5, 5.41) is 19.0. The maximum Gasteiger partial charge on any atom is 0.280 e. The minimum absolute atomic E-state index is 0. The van der Waals surface area contributed by atoms with Gasteiger partial charge in [-0.2, -0.15) is 0 Å². The molecule has 3 aromatic rings. The van der Waals surface area contributed by atoms with Crippen LogP contribution in [-0.4, -0.2) is 85.7 Å². The number of thiazole rings is 1. The minimum Gasteiger partial charge on any atom is -0.396 e. The lowest BCUT2D eigenvalue weighted by Crippen LogP contribution is -2.24. The number of nitrogens with zero attached hydrogens (tertiary/aromatic N) is 4. The fourth-order valence-corrected chi connectivity index (χ4v) is 5.86. The smallest absolute Gasteiger partial charge is 0.280 e. The second-order valence-corrected chi connectivity index (χ2v) is 12.0. The van der Waals surface area contributed by atoms with Crippen molar-refractivity contribution < 1.29 is 24.6 Å². The summed E-state index contributed by atoms with van der Waals surface area (Å²) in [6.07, 6.45) is 1.69. The summed E-state index contributed by atoms with van der Waals surface area (Å²) in [5.41, 5.74) is 1.00. The van der Waals surface area contributed by atoms with E-state index in [1.165, 1.54) is 35.6 Å². The van der Waals surface area contributed by atoms with Crippen molar-refractivity contribution in [3.05, 3.63) is 42.0 Å². The van der Waals surface area contributed by atoms with Gasteiger partial charge >= 0.3 is 0 Å². The molecule has 0 atom stereocenters. The van der Waals surface area contributed by atoms with Gasteiger partial charge in [0.1, 0.15) is 22.8 Å². The van der Waals surface area contributed by atoms with Crippen LogP contribution in [0.5, 0.6) is 0 Å². The number of carbonyl (C=O) groups is 1. The van der Waals surface area contributed by atoms with Crippen molar-refractivity contribution in [1.82, 2.24) is 14.9 Å². The first-order valence-electron chi connectivity index (χ1n) is 11.9. The number of nitrogens with one attached hydrogen (secondary N) is 2. The fourth-order valence-electron chi connectivity index (χ4n) is 3.37. The van der Waals surface area contributed by atoms with E-state index in [9.17, 15) is 13.2 Å². The van der Waals surface area contributed by atoms with Gasteiger partial charge in [-0.1, -0.05) is 28.6 Å². The van der Waals surface area contributed by atoms with Crippen LogP contribution in [0.3, 0.4) is 0 Å². The fraction of sp³-hybridized carbons (Fsp3) is 0.417. The van der Waals surface area contributed by atoms with Crippen LogP contribution in [0.2, 0.25) is 0 Å². The quantitative estimate of drug-likeness (QED) is 0.167. The molecule has 1 aliphatic carbocycles. The molecule has 1 amide bonds. The summed E-state index contributed by atoms with van der Waals surface area (Å²) in [5.74, 6) is 0.154. The highest BCUT2D eigenvalue weighted by molar-refractivity contribution is 7.92. The molecule has 13 heteroatoms. The molecule has 2 aromatic heterocycles. The number of hydrogen-bond donors (Lipinski definition) is 3. The van der Waals surface area contributed by atoms with E-state index in [2.05, 4.69) is 30.7 Å². The summed E-state index contributed by atoms with van der Waals surface area (Å²) < 4.78 is 25.0. The lowest BCUT2D eigenvalue weighted by Gasteiger charge is -2.10. The molecule has 0 aliphatic heterocycles. The number of aliphatic hydroxyl groups excluding tert-OH is 1. The molecule has 37 heavy (non-hydrogen) atoms. The molecule has 0 radical (unpaired) electrons. The number of aromatic nitrogens is 2. The molecule has 2 heterocycles. The number of sulfone groups is 1. The molecule has 11 nitrogen and oxygen atoms in total. The first kappa shape index (κ1) is 26.9. The number of anilines is 2. The Bertz CT molecular complexity index is 1370. The van der Waals surface area contributed by atoms with Crippen molar-refractivity contribution in [2.45, 2.75) is 29.4 Å². The van der Waals surface area contributed by atoms with Gasteiger partial charge in [-0.25, -0.2) is 18.4 Å². The number of pyridine rings is 1. The average Bonchev–Trinajstić information content (AvgIpc) is 3.65. The van der Waals surface area contributed by atoms with Gasteiger partial charge in [-0.05, 0) is 51.2 Å². The summed E-state index contributed by atoms with van der Waals surface area (Å²) in [7, 11) is 0.640. The van der Waals surface area contributed by atoms with Crippen LogP contribution in [0.1, 0.15) is 26.3 Å². The van der Waals surface area contributed by atoms with E-state index in [1.54, 1.807) is 0 Å². The Kier molecular flexibility index (Phi) is 8.69. The molecule has 3 N–H and O–H groups in total. The van der Waals surface area contributed by atoms with Crippen LogP contribution < -0.4 is 10.6 Å². The van der Waals surface area contributed by atoms with E-state index >= 15 is 0 Å². The van der Waals surface area contributed by atoms with Crippen molar-refractivity contribution in [2.24, 2.45) is 5.16 Å². The number of carbonyl (C=O) groups excluding carboxylic acids is 1. The number of aliphatic hydroxyl groups is 1. The van der Waals surface area contributed by atoms with Crippen LogP contribution in [0.15, 0.2) is 46.4 Å². The molecule has 0 bridgehead atoms. The molecule has 1 fully saturated rings. The molecule has 200 valence electrons. The maximum absolute atomic E-state index is 13.2. The number of benzene rings is 1. The summed E-state index contributed by atoms with van der Waals surface area (Å²) in [6.45, 7) is 1.65. The van der Waals surface area contributed by atoms with Crippen LogP contribution >= 0.6 is 11.3 Å². The first-order valence-corrected chi connectivity index (χ1v) is 14.3. The highest BCUT2D eigenvalue weighted by Crippen LogP contribution is 2.33. The summed E-state index contributed by atoms with van der Waals surface area (Å²) in [4.78, 5) is 30.3. The maximum atomic E-state index is 13.2. The second kappa shape index (κ2) is 11.9. The predicted molar refractivity (Wildman–Crippen MR) is 146 cm³/mol. The Morgan fingerprint density at radius 1 is 1.22 bits per heavy atom. The van der Waals surface area contributed by atoms with Gasteiger partial charge < -0.3 is 20.2 Å². The second-order valence-electron chi connectivity index (χ2n) is 8.84. The zero-order valence-electron chi connectivity index (χ0n) is 20.7. The van der Waals surface area contributed by atoms with Crippen LogP contribution in [0.4, 0.5) is 10.9 Å². The molecular formula is C24H32N6O5S2. The van der Waals surface area contributed by atoms with Crippen molar-refractivity contribution in [2.75, 3.05) is 51.0 Å². The minimum atomic E-state index is -3.35. The van der Waals surface area contributed by atoms with Gasteiger partial charge in [0, 0.05) is 33.1 Å². The third kappa shape index (κ3) is 7.01. The molecule has 0 unspecified atom stereocenters. The Morgan fingerprint density at radius 3 is 2.65 bits per heavy atom. The monoisotopic (exact) mass is 548 g/mol. The normalized spacial score (nSPS) is 14.2. The standard InChI is InChI=1S/C24H30N6O5S2.H2/c1-30(2)13-12-25-20-11-10-19-23(27-20)36-24(26-19)28-22(32)21(29-35-15-3-14-31)16-4-6-17(7-5-16)37(33,34)18-8-9-18;/h4-7,10-11,18,31H,3,8-9,12-15H2,1-2H3,(H,25,27)(H,26,28,32);1H/b29-21+;. The van der Waals surface area contributed by atoms with E-state index < -0.39 is 15.7 Å². The molecular weight excluding hydrogens is 516 g/mol. The third-order valence-electron chi connectivity index (χ3n) is 5.53. The molecule has 0 spiro atoms. The van der Waals surface area contributed by atoms with Crippen LogP contribution in [0.25, 0.3) is 10.3 Å². The molecule has 1 aliphatic rings. The zero-order valence-corrected chi connectivity index (χ0v) is 22.3. The number of oxime groups is 1. The Morgan fingerprint density at radius 2 is 1.97 bits per heavy atom. The van der Waals surface area contributed by atoms with Crippen molar-refractivity contribution in [1.29, 1.82) is 0 Å². The first-order chi connectivity index (χ1) is 17.8. The zero-order chi connectivity index (χ0) is 26.4. The largest absolute Gasteiger partial charge is 0.396 e. The summed E-state index contributed by atoms with van der Waals surface area (Å²) in [6, 6.07) is 9.70. The van der Waals surface area contributed by atoms with Gasteiger partial charge in [0.05, 0.1) is 10.1 Å². The number of hydrogen-bond acceptors (Lipinski definition) is 11. The van der Waals surface area contributed by atoms with Crippen molar-refractivity contribution in [3.8, 4) is 0 Å². The summed E-state index contributed by atoms with van der Waals surface area (Å²) >= 11 is 1.23. The van der Waals surface area contributed by atoms with Crippen molar-refractivity contribution in [3.63, 3.8) is 0 Å². The van der Waals surface area contributed by atoms with Gasteiger partial charge in [-0.3, -0.25) is 10.1 Å². The lowest BCUT2D eigenvalue weighted by atomic mass is 10.1. The topological polar surface area (TPSA) is 146 Å². The van der Waals surface area contributed by atoms with E-state index in [-0.39, 0.29) is 30.5 Å².